The van der Waals surface area contributed by atoms with E-state index in [1.165, 1.54) is 0 Å². The lowest BCUT2D eigenvalue weighted by Crippen LogP contribution is -1.94. The molecule has 0 unspecified atom stereocenters. The van der Waals surface area contributed by atoms with Crippen molar-refractivity contribution >= 4 is 12.6 Å². The molecular weight excluding hydrogens is 240 g/mol. The molecule has 2 N–H and O–H groups in total. The highest BCUT2D eigenvalue weighted by molar-refractivity contribution is 5.81. The van der Waals surface area contributed by atoms with Crippen LogP contribution in [0, 0.1) is 27.7 Å². The molecule has 4 heteroatoms. The van der Waals surface area contributed by atoms with Crippen LogP contribution >= 0.6 is 0 Å². The van der Waals surface area contributed by atoms with E-state index in [0.29, 0.717) is 6.42 Å². The Kier molecular flexibility index (Phi) is 3.42. The minimum absolute atomic E-state index is 0.668. The predicted molar refractivity (Wildman–Crippen MR) is 74.1 cm³/mol. The van der Waals surface area contributed by atoms with Gasteiger partial charge in [0.25, 0.3) is 0 Å². The first-order chi connectivity index (χ1) is 8.99. The van der Waals surface area contributed by atoms with E-state index in [1.54, 1.807) is 0 Å². The Morgan fingerprint density at radius 2 is 1.16 bits per heavy atom. The van der Waals surface area contributed by atoms with E-state index >= 15 is 0 Å². The zero-order valence-corrected chi connectivity index (χ0v) is 11.7. The van der Waals surface area contributed by atoms with Crippen LogP contribution in [0.5, 0.6) is 0 Å². The Hall–Kier alpha value is -2.10. The standard InChI is InChI=1S/C15H18N2O2/c1-8-12(6-18)10(3)16-14(8)5-15-9(2)13(7-19)11(4)17-15/h6-7,16-17H,5H2,1-4H3. The van der Waals surface area contributed by atoms with Crippen molar-refractivity contribution in [1.29, 1.82) is 0 Å². The maximum Gasteiger partial charge on any atom is 0.152 e. The lowest BCUT2D eigenvalue weighted by atomic mass is 10.1. The van der Waals surface area contributed by atoms with Crippen molar-refractivity contribution in [3.8, 4) is 0 Å². The van der Waals surface area contributed by atoms with Crippen molar-refractivity contribution < 1.29 is 9.59 Å². The Bertz CT molecular complexity index is 591. The van der Waals surface area contributed by atoms with Crippen molar-refractivity contribution in [2.24, 2.45) is 0 Å². The fraction of sp³-hybridized carbons (Fsp3) is 0.333. The summed E-state index contributed by atoms with van der Waals surface area (Å²) < 4.78 is 0. The van der Waals surface area contributed by atoms with Crippen LogP contribution in [0.3, 0.4) is 0 Å². The summed E-state index contributed by atoms with van der Waals surface area (Å²) in [6, 6.07) is 0. The van der Waals surface area contributed by atoms with Gasteiger partial charge in [-0.15, -0.1) is 0 Å². The second-order valence-electron chi connectivity index (χ2n) is 4.95. The summed E-state index contributed by atoms with van der Waals surface area (Å²) >= 11 is 0. The average Bonchev–Trinajstić information content (AvgIpc) is 2.78. The van der Waals surface area contributed by atoms with Gasteiger partial charge in [-0.1, -0.05) is 0 Å². The molecule has 0 aliphatic rings. The molecule has 0 fully saturated rings. The van der Waals surface area contributed by atoms with Gasteiger partial charge in [0, 0.05) is 40.3 Å². The lowest BCUT2D eigenvalue weighted by molar-refractivity contribution is 0.111. The molecule has 0 saturated carbocycles. The van der Waals surface area contributed by atoms with E-state index < -0.39 is 0 Å². The molecule has 0 saturated heterocycles. The summed E-state index contributed by atoms with van der Waals surface area (Å²) in [6.07, 6.45) is 2.43. The third kappa shape index (κ3) is 2.14. The summed E-state index contributed by atoms with van der Waals surface area (Å²) in [7, 11) is 0. The largest absolute Gasteiger partial charge is 0.361 e. The molecule has 4 nitrogen and oxygen atoms in total. The van der Waals surface area contributed by atoms with E-state index in [-0.39, 0.29) is 0 Å². The van der Waals surface area contributed by atoms with E-state index in [0.717, 1.165) is 57.6 Å². The number of H-pyrrole nitrogens is 2. The van der Waals surface area contributed by atoms with Gasteiger partial charge >= 0.3 is 0 Å². The van der Waals surface area contributed by atoms with Gasteiger partial charge in [0.15, 0.2) is 12.6 Å². The summed E-state index contributed by atoms with van der Waals surface area (Å²) in [5, 5.41) is 0. The second kappa shape index (κ2) is 4.88. The summed E-state index contributed by atoms with van der Waals surface area (Å²) in [5.41, 5.74) is 7.22. The number of aromatic amines is 2. The van der Waals surface area contributed by atoms with Crippen LogP contribution < -0.4 is 0 Å². The first kappa shape index (κ1) is 13.3. The highest BCUT2D eigenvalue weighted by Gasteiger charge is 2.15. The molecule has 19 heavy (non-hydrogen) atoms. The second-order valence-corrected chi connectivity index (χ2v) is 4.95. The van der Waals surface area contributed by atoms with Crippen LogP contribution in [-0.2, 0) is 6.42 Å². The maximum absolute atomic E-state index is 11.0. The van der Waals surface area contributed by atoms with Crippen molar-refractivity contribution in [3.05, 3.63) is 45.0 Å². The number of carbonyl (C=O) groups is 2. The first-order valence-electron chi connectivity index (χ1n) is 6.26. The quantitative estimate of drug-likeness (QED) is 0.828. The molecule has 2 rings (SSSR count). The highest BCUT2D eigenvalue weighted by Crippen LogP contribution is 2.22. The molecule has 2 aromatic rings. The Labute approximate surface area is 112 Å². The van der Waals surface area contributed by atoms with Gasteiger partial charge < -0.3 is 9.97 Å². The number of aryl methyl sites for hydroxylation is 2. The Balaban J connectivity index is 2.42. The van der Waals surface area contributed by atoms with Crippen LogP contribution in [0.4, 0.5) is 0 Å². The predicted octanol–water partition coefficient (Wildman–Crippen LogP) is 2.79. The van der Waals surface area contributed by atoms with E-state index in [4.69, 9.17) is 0 Å². The average molecular weight is 258 g/mol. The Morgan fingerprint density at radius 1 is 0.789 bits per heavy atom. The van der Waals surface area contributed by atoms with Gasteiger partial charge in [-0.3, -0.25) is 9.59 Å². The molecule has 0 atom stereocenters. The van der Waals surface area contributed by atoms with Gasteiger partial charge in [-0.2, -0.15) is 0 Å². The van der Waals surface area contributed by atoms with E-state index in [2.05, 4.69) is 9.97 Å². The van der Waals surface area contributed by atoms with Crippen molar-refractivity contribution in [1.82, 2.24) is 9.97 Å². The van der Waals surface area contributed by atoms with Gasteiger partial charge in [0.05, 0.1) is 0 Å². The third-order valence-corrected chi connectivity index (χ3v) is 3.79. The van der Waals surface area contributed by atoms with Crippen LogP contribution in [0.1, 0.15) is 54.6 Å². The van der Waals surface area contributed by atoms with Gasteiger partial charge in [0.2, 0.25) is 0 Å². The first-order valence-corrected chi connectivity index (χ1v) is 6.26. The molecular formula is C15H18N2O2. The van der Waals surface area contributed by atoms with E-state index in [9.17, 15) is 9.59 Å². The number of aldehydes is 2. The molecule has 100 valence electrons. The summed E-state index contributed by atoms with van der Waals surface area (Å²) in [6.45, 7) is 7.66. The SMILES string of the molecule is Cc1[nH]c(Cc2[nH]c(C)c(C=O)c2C)c(C)c1C=O. The minimum Gasteiger partial charge on any atom is -0.361 e. The minimum atomic E-state index is 0.668. The molecule has 0 spiro atoms. The molecule has 0 amide bonds. The summed E-state index contributed by atoms with van der Waals surface area (Å²) in [4.78, 5) is 28.5. The van der Waals surface area contributed by atoms with Crippen molar-refractivity contribution in [2.75, 3.05) is 0 Å². The molecule has 2 heterocycles. The number of nitrogens with one attached hydrogen (secondary N) is 2. The number of hydrogen-bond acceptors (Lipinski definition) is 2. The van der Waals surface area contributed by atoms with Crippen LogP contribution in [-0.4, -0.2) is 22.5 Å². The van der Waals surface area contributed by atoms with Crippen molar-refractivity contribution in [2.45, 2.75) is 34.1 Å². The number of carbonyl (C=O) groups excluding carboxylic acids is 2. The topological polar surface area (TPSA) is 65.7 Å². The molecule has 0 radical (unpaired) electrons. The van der Waals surface area contributed by atoms with Gasteiger partial charge in [-0.05, 0) is 38.8 Å². The molecule has 2 aromatic heterocycles. The Morgan fingerprint density at radius 3 is 1.42 bits per heavy atom. The van der Waals surface area contributed by atoms with Crippen LogP contribution in [0.25, 0.3) is 0 Å². The number of aromatic nitrogens is 2. The number of rotatable bonds is 4. The monoisotopic (exact) mass is 258 g/mol. The van der Waals surface area contributed by atoms with Crippen LogP contribution in [0.15, 0.2) is 0 Å². The smallest absolute Gasteiger partial charge is 0.152 e. The summed E-state index contributed by atoms with van der Waals surface area (Å²) in [5.74, 6) is 0. The van der Waals surface area contributed by atoms with Gasteiger partial charge in [0.1, 0.15) is 0 Å². The third-order valence-electron chi connectivity index (χ3n) is 3.79. The van der Waals surface area contributed by atoms with Gasteiger partial charge in [-0.25, -0.2) is 0 Å². The van der Waals surface area contributed by atoms with E-state index in [1.807, 2.05) is 27.7 Å². The molecule has 0 aromatic carbocycles. The van der Waals surface area contributed by atoms with Crippen LogP contribution in [0.2, 0.25) is 0 Å². The highest BCUT2D eigenvalue weighted by atomic mass is 16.1. The fourth-order valence-electron chi connectivity index (χ4n) is 2.55. The number of hydrogen-bond donors (Lipinski definition) is 2. The normalized spacial score (nSPS) is 10.7. The lowest BCUT2D eigenvalue weighted by Gasteiger charge is -2.01. The molecule has 0 aliphatic heterocycles. The molecule has 0 bridgehead atoms. The maximum atomic E-state index is 11.0. The fourth-order valence-corrected chi connectivity index (χ4v) is 2.55. The zero-order chi connectivity index (χ0) is 14.2. The van der Waals surface area contributed by atoms with Crippen molar-refractivity contribution in [3.63, 3.8) is 0 Å². The molecule has 0 aliphatic carbocycles. The zero-order valence-electron chi connectivity index (χ0n) is 11.7.